The van der Waals surface area contributed by atoms with E-state index in [0.29, 0.717) is 6.42 Å². The zero-order chi connectivity index (χ0) is 20.8. The molecule has 0 radical (unpaired) electrons. The van der Waals surface area contributed by atoms with Crippen LogP contribution in [0.5, 0.6) is 0 Å². The standard InChI is InChI=1S/C22H42N4O3/c1-3-23-21(24-14-10-5-4-7-11-20(27)28-2)25-19-22(12-8-6-9-13-22)26-15-17-29-18-16-26/h3-19H2,1-2H3,(H2,23,24,25). The molecule has 0 unspecified atom stereocenters. The van der Waals surface area contributed by atoms with Crippen molar-refractivity contribution in [3.05, 3.63) is 0 Å². The first-order valence-corrected chi connectivity index (χ1v) is 11.6. The fraction of sp³-hybridized carbons (Fsp3) is 0.909. The number of guanidine groups is 1. The number of hydrogen-bond acceptors (Lipinski definition) is 5. The molecule has 0 spiro atoms. The maximum absolute atomic E-state index is 11.1. The van der Waals surface area contributed by atoms with Gasteiger partial charge in [0.1, 0.15) is 0 Å². The van der Waals surface area contributed by atoms with Gasteiger partial charge >= 0.3 is 5.97 Å². The first kappa shape index (κ1) is 23.9. The monoisotopic (exact) mass is 410 g/mol. The minimum absolute atomic E-state index is 0.110. The van der Waals surface area contributed by atoms with Gasteiger partial charge in [0.15, 0.2) is 5.96 Å². The highest BCUT2D eigenvalue weighted by Crippen LogP contribution is 2.34. The molecule has 2 aliphatic rings. The molecule has 0 aromatic carbocycles. The number of nitrogens with one attached hydrogen (secondary N) is 2. The highest BCUT2D eigenvalue weighted by atomic mass is 16.5. The van der Waals surface area contributed by atoms with Gasteiger partial charge in [-0.25, -0.2) is 0 Å². The largest absolute Gasteiger partial charge is 0.469 e. The maximum Gasteiger partial charge on any atom is 0.305 e. The molecular weight excluding hydrogens is 368 g/mol. The molecule has 0 aromatic rings. The van der Waals surface area contributed by atoms with Crippen molar-refractivity contribution in [2.45, 2.75) is 76.7 Å². The number of methoxy groups -OCH3 is 1. The number of aliphatic imine (C=N–C) groups is 1. The summed E-state index contributed by atoms with van der Waals surface area (Å²) in [7, 11) is 1.45. The lowest BCUT2D eigenvalue weighted by molar-refractivity contribution is -0.140. The molecular formula is C22H42N4O3. The third-order valence-electron chi connectivity index (χ3n) is 6.17. The smallest absolute Gasteiger partial charge is 0.305 e. The topological polar surface area (TPSA) is 75.2 Å². The number of ether oxygens (including phenoxy) is 2. The Hall–Kier alpha value is -1.34. The number of hydrogen-bond donors (Lipinski definition) is 2. The van der Waals surface area contributed by atoms with Gasteiger partial charge in [0.2, 0.25) is 0 Å². The molecule has 1 aliphatic heterocycles. The molecule has 1 heterocycles. The summed E-state index contributed by atoms with van der Waals surface area (Å²) in [6.45, 7) is 8.52. The molecule has 7 nitrogen and oxygen atoms in total. The van der Waals surface area contributed by atoms with Gasteiger partial charge in [-0.05, 0) is 32.6 Å². The van der Waals surface area contributed by atoms with Crippen LogP contribution in [-0.4, -0.2) is 75.4 Å². The van der Waals surface area contributed by atoms with Gasteiger partial charge < -0.3 is 20.1 Å². The molecule has 2 N–H and O–H groups in total. The normalized spacial score (nSPS) is 20.3. The zero-order valence-electron chi connectivity index (χ0n) is 18.6. The quantitative estimate of drug-likeness (QED) is 0.236. The number of carbonyl (C=O) groups is 1. The summed E-state index contributed by atoms with van der Waals surface area (Å²) in [5, 5.41) is 6.90. The third-order valence-corrected chi connectivity index (χ3v) is 6.17. The maximum atomic E-state index is 11.1. The lowest BCUT2D eigenvalue weighted by Gasteiger charge is -2.47. The summed E-state index contributed by atoms with van der Waals surface area (Å²) in [5.41, 5.74) is 0.207. The second-order valence-electron chi connectivity index (χ2n) is 8.25. The third kappa shape index (κ3) is 8.51. The Morgan fingerprint density at radius 3 is 2.48 bits per heavy atom. The molecule has 168 valence electrons. The molecule has 7 heteroatoms. The van der Waals surface area contributed by atoms with Crippen LogP contribution < -0.4 is 10.6 Å². The number of morpholine rings is 1. The van der Waals surface area contributed by atoms with Crippen molar-refractivity contribution in [1.29, 1.82) is 0 Å². The highest BCUT2D eigenvalue weighted by Gasteiger charge is 2.38. The summed E-state index contributed by atoms with van der Waals surface area (Å²) < 4.78 is 10.3. The first-order chi connectivity index (χ1) is 14.2. The average Bonchev–Trinajstić information content (AvgIpc) is 2.77. The Balaban J connectivity index is 1.78. The van der Waals surface area contributed by atoms with Crippen LogP contribution >= 0.6 is 0 Å². The molecule has 2 fully saturated rings. The molecule has 29 heavy (non-hydrogen) atoms. The van der Waals surface area contributed by atoms with Crippen molar-refractivity contribution in [2.75, 3.05) is 53.0 Å². The van der Waals surface area contributed by atoms with Gasteiger partial charge in [-0.2, -0.15) is 0 Å². The van der Waals surface area contributed by atoms with Crippen LogP contribution in [0, 0.1) is 0 Å². The molecule has 0 amide bonds. The molecule has 1 saturated carbocycles. The van der Waals surface area contributed by atoms with Gasteiger partial charge in [-0.15, -0.1) is 0 Å². The van der Waals surface area contributed by atoms with E-state index in [9.17, 15) is 4.79 Å². The first-order valence-electron chi connectivity index (χ1n) is 11.6. The number of esters is 1. The van der Waals surface area contributed by atoms with E-state index in [1.54, 1.807) is 0 Å². The lowest BCUT2D eigenvalue weighted by atomic mass is 9.80. The van der Waals surface area contributed by atoms with E-state index >= 15 is 0 Å². The Labute approximate surface area is 177 Å². The van der Waals surface area contributed by atoms with Crippen molar-refractivity contribution >= 4 is 11.9 Å². The second kappa shape index (κ2) is 13.8. The predicted molar refractivity (Wildman–Crippen MR) is 117 cm³/mol. The van der Waals surface area contributed by atoms with Crippen molar-refractivity contribution in [1.82, 2.24) is 15.5 Å². The lowest BCUT2D eigenvalue weighted by Crippen LogP contribution is -2.56. The molecule has 0 aromatic heterocycles. The van der Waals surface area contributed by atoms with Crippen LogP contribution in [0.15, 0.2) is 4.99 Å². The number of unbranched alkanes of at least 4 members (excludes halogenated alkanes) is 3. The van der Waals surface area contributed by atoms with Crippen LogP contribution in [-0.2, 0) is 14.3 Å². The fourth-order valence-corrected chi connectivity index (χ4v) is 4.45. The van der Waals surface area contributed by atoms with E-state index in [-0.39, 0.29) is 11.5 Å². The molecule has 0 bridgehead atoms. The van der Waals surface area contributed by atoms with Crippen LogP contribution in [0.2, 0.25) is 0 Å². The number of rotatable bonds is 11. The van der Waals surface area contributed by atoms with Crippen molar-refractivity contribution in [2.24, 2.45) is 4.99 Å². The Bertz CT molecular complexity index is 486. The van der Waals surface area contributed by atoms with E-state index in [2.05, 4.69) is 27.2 Å². The summed E-state index contributed by atoms with van der Waals surface area (Å²) >= 11 is 0. The van der Waals surface area contributed by atoms with E-state index in [1.807, 2.05) is 0 Å². The van der Waals surface area contributed by atoms with Crippen LogP contribution in [0.4, 0.5) is 0 Å². The average molecular weight is 411 g/mol. The highest BCUT2D eigenvalue weighted by molar-refractivity contribution is 5.79. The van der Waals surface area contributed by atoms with Crippen molar-refractivity contribution in [3.8, 4) is 0 Å². The van der Waals surface area contributed by atoms with Gasteiger partial charge in [-0.3, -0.25) is 14.7 Å². The predicted octanol–water partition coefficient (Wildman–Crippen LogP) is 2.70. The Morgan fingerprint density at radius 1 is 1.07 bits per heavy atom. The van der Waals surface area contributed by atoms with Gasteiger partial charge in [0, 0.05) is 38.1 Å². The Kier molecular flexibility index (Phi) is 11.4. The van der Waals surface area contributed by atoms with Gasteiger partial charge in [0.05, 0.1) is 26.9 Å². The summed E-state index contributed by atoms with van der Waals surface area (Å²) in [4.78, 5) is 18.8. The summed E-state index contributed by atoms with van der Waals surface area (Å²) in [5.74, 6) is 0.821. The van der Waals surface area contributed by atoms with Crippen molar-refractivity contribution in [3.63, 3.8) is 0 Å². The molecule has 1 aliphatic carbocycles. The molecule has 2 rings (SSSR count). The SMILES string of the molecule is CCNC(=NCC1(N2CCOCC2)CCCCC1)NCCCCCCC(=O)OC. The molecule has 1 saturated heterocycles. The van der Waals surface area contributed by atoms with Crippen LogP contribution in [0.25, 0.3) is 0 Å². The second-order valence-corrected chi connectivity index (χ2v) is 8.25. The van der Waals surface area contributed by atoms with E-state index < -0.39 is 0 Å². The number of carbonyl (C=O) groups excluding carboxylic acids is 1. The number of nitrogens with zero attached hydrogens (tertiary/aromatic N) is 2. The van der Waals surface area contributed by atoms with E-state index in [4.69, 9.17) is 9.73 Å². The minimum atomic E-state index is -0.110. The minimum Gasteiger partial charge on any atom is -0.469 e. The molecule has 0 atom stereocenters. The van der Waals surface area contributed by atoms with E-state index in [0.717, 1.165) is 77.6 Å². The zero-order valence-corrected chi connectivity index (χ0v) is 18.6. The van der Waals surface area contributed by atoms with Crippen LogP contribution in [0.1, 0.15) is 71.1 Å². The van der Waals surface area contributed by atoms with Crippen molar-refractivity contribution < 1.29 is 14.3 Å². The Morgan fingerprint density at radius 2 is 1.79 bits per heavy atom. The van der Waals surface area contributed by atoms with E-state index in [1.165, 1.54) is 39.2 Å². The summed E-state index contributed by atoms with van der Waals surface area (Å²) in [6, 6.07) is 0. The summed E-state index contributed by atoms with van der Waals surface area (Å²) in [6.07, 6.45) is 11.1. The van der Waals surface area contributed by atoms with Crippen LogP contribution in [0.3, 0.4) is 0 Å². The van der Waals surface area contributed by atoms with Gasteiger partial charge in [-0.1, -0.05) is 32.1 Å². The fourth-order valence-electron chi connectivity index (χ4n) is 4.45. The van der Waals surface area contributed by atoms with Gasteiger partial charge in [0.25, 0.3) is 0 Å².